The number of nitrogens with zero attached hydrogens (tertiary/aromatic N) is 2. The van der Waals surface area contributed by atoms with Crippen molar-refractivity contribution in [2.24, 2.45) is 0 Å². The van der Waals surface area contributed by atoms with Gasteiger partial charge >= 0.3 is 5.97 Å². The topological polar surface area (TPSA) is 60.8 Å². The molecule has 0 aliphatic carbocycles. The van der Waals surface area contributed by atoms with Crippen molar-refractivity contribution >= 4 is 12.0 Å². The van der Waals surface area contributed by atoms with Gasteiger partial charge in [0.1, 0.15) is 17.1 Å². The van der Waals surface area contributed by atoms with Crippen LogP contribution in [0.5, 0.6) is 5.75 Å². The van der Waals surface area contributed by atoms with Crippen LogP contribution in [-0.2, 0) is 24.1 Å². The molecule has 0 spiro atoms. The van der Waals surface area contributed by atoms with Crippen LogP contribution in [0, 0.1) is 5.82 Å². The minimum Gasteiger partial charge on any atom is -0.492 e. The van der Waals surface area contributed by atoms with Gasteiger partial charge in [0.15, 0.2) is 0 Å². The maximum Gasteiger partial charge on any atom is 0.343 e. The Morgan fingerprint density at radius 2 is 1.83 bits per heavy atom. The summed E-state index contributed by atoms with van der Waals surface area (Å²) in [6, 6.07) is 17.9. The molecule has 0 saturated carbocycles. The number of carbonyl (C=O) groups excluding carboxylic acids is 1. The average Bonchev–Trinajstić information content (AvgIpc) is 3.09. The molecular formula is C28H29FN2O4. The SMILES string of the molecule is COC(=O)c1c(OCCc2ccccc2F)cc(=O)n2c1CCN(C/C=C/c1ccccc1)CC2. The number of methoxy groups -OCH3 is 1. The number of halogens is 1. The van der Waals surface area contributed by atoms with Gasteiger partial charge in [-0.2, -0.15) is 0 Å². The minimum absolute atomic E-state index is 0.129. The molecular weight excluding hydrogens is 447 g/mol. The van der Waals surface area contributed by atoms with Gasteiger partial charge in [-0.1, -0.05) is 60.7 Å². The van der Waals surface area contributed by atoms with E-state index in [0.717, 1.165) is 12.1 Å². The average molecular weight is 477 g/mol. The van der Waals surface area contributed by atoms with Crippen LogP contribution < -0.4 is 10.3 Å². The third-order valence-corrected chi connectivity index (χ3v) is 6.14. The molecule has 0 radical (unpaired) electrons. The van der Waals surface area contributed by atoms with Gasteiger partial charge in [-0.15, -0.1) is 0 Å². The number of carbonyl (C=O) groups is 1. The Hall–Kier alpha value is -3.71. The molecule has 0 fully saturated rings. The number of ether oxygens (including phenoxy) is 2. The van der Waals surface area contributed by atoms with Gasteiger partial charge in [0.25, 0.3) is 5.56 Å². The number of aromatic nitrogens is 1. The highest BCUT2D eigenvalue weighted by Crippen LogP contribution is 2.24. The molecule has 2 heterocycles. The van der Waals surface area contributed by atoms with Crippen molar-refractivity contribution in [3.05, 3.63) is 105 Å². The molecule has 0 amide bonds. The highest BCUT2D eigenvalue weighted by Gasteiger charge is 2.26. The third kappa shape index (κ3) is 6.05. The van der Waals surface area contributed by atoms with Crippen LogP contribution in [0.2, 0.25) is 0 Å². The van der Waals surface area contributed by atoms with Gasteiger partial charge in [-0.3, -0.25) is 9.69 Å². The summed E-state index contributed by atoms with van der Waals surface area (Å²) in [6.45, 7) is 2.69. The van der Waals surface area contributed by atoms with E-state index in [0.29, 0.717) is 43.7 Å². The first-order valence-electron chi connectivity index (χ1n) is 11.7. The highest BCUT2D eigenvalue weighted by molar-refractivity contribution is 5.93. The van der Waals surface area contributed by atoms with Crippen molar-refractivity contribution in [1.82, 2.24) is 9.47 Å². The Labute approximate surface area is 204 Å². The predicted octanol–water partition coefficient (Wildman–Crippen LogP) is 3.97. The van der Waals surface area contributed by atoms with E-state index in [9.17, 15) is 14.0 Å². The standard InChI is InChI=1S/C28H29FN2O4/c1-34-28(33)27-24-13-16-30(15-7-10-21-8-3-2-4-9-21)17-18-31(24)26(32)20-25(27)35-19-14-22-11-5-6-12-23(22)29/h2-12,20H,13-19H2,1H3/b10-7+. The summed E-state index contributed by atoms with van der Waals surface area (Å²) in [6.07, 6.45) is 4.99. The van der Waals surface area contributed by atoms with Gasteiger partial charge in [0.2, 0.25) is 0 Å². The smallest absolute Gasteiger partial charge is 0.343 e. The molecule has 1 aromatic heterocycles. The normalized spacial score (nSPS) is 13.9. The summed E-state index contributed by atoms with van der Waals surface area (Å²) in [7, 11) is 1.31. The Morgan fingerprint density at radius 3 is 2.60 bits per heavy atom. The molecule has 6 nitrogen and oxygen atoms in total. The third-order valence-electron chi connectivity index (χ3n) is 6.14. The lowest BCUT2D eigenvalue weighted by molar-refractivity contribution is 0.0593. The molecule has 3 aromatic rings. The first-order chi connectivity index (χ1) is 17.1. The molecule has 0 bridgehead atoms. The second-order valence-electron chi connectivity index (χ2n) is 8.37. The zero-order chi connectivity index (χ0) is 24.6. The van der Waals surface area contributed by atoms with Crippen LogP contribution in [0.25, 0.3) is 6.08 Å². The molecule has 0 N–H and O–H groups in total. The quantitative estimate of drug-likeness (QED) is 0.461. The highest BCUT2D eigenvalue weighted by atomic mass is 19.1. The van der Waals surface area contributed by atoms with Crippen LogP contribution >= 0.6 is 0 Å². The Balaban J connectivity index is 1.50. The number of hydrogen-bond donors (Lipinski definition) is 0. The molecule has 0 atom stereocenters. The van der Waals surface area contributed by atoms with Crippen molar-refractivity contribution in [3.63, 3.8) is 0 Å². The van der Waals surface area contributed by atoms with Crippen molar-refractivity contribution in [2.45, 2.75) is 19.4 Å². The Kier molecular flexibility index (Phi) is 8.11. The lowest BCUT2D eigenvalue weighted by atomic mass is 10.1. The molecule has 0 saturated heterocycles. The van der Waals surface area contributed by atoms with E-state index in [-0.39, 0.29) is 29.3 Å². The molecule has 1 aliphatic heterocycles. The van der Waals surface area contributed by atoms with Crippen molar-refractivity contribution in [3.8, 4) is 5.75 Å². The van der Waals surface area contributed by atoms with Crippen LogP contribution in [0.15, 0.2) is 71.5 Å². The first-order valence-corrected chi connectivity index (χ1v) is 11.7. The first kappa shape index (κ1) is 24.4. The summed E-state index contributed by atoms with van der Waals surface area (Å²) in [5.74, 6) is -0.679. The minimum atomic E-state index is -0.549. The van der Waals surface area contributed by atoms with Gasteiger partial charge in [0, 0.05) is 50.8 Å². The number of hydrogen-bond acceptors (Lipinski definition) is 5. The van der Waals surface area contributed by atoms with Crippen LogP contribution in [0.3, 0.4) is 0 Å². The van der Waals surface area contributed by atoms with Gasteiger partial charge in [-0.25, -0.2) is 9.18 Å². The van der Waals surface area contributed by atoms with Crippen molar-refractivity contribution < 1.29 is 18.7 Å². The maximum absolute atomic E-state index is 13.9. The lowest BCUT2D eigenvalue weighted by Crippen LogP contribution is -2.29. The van der Waals surface area contributed by atoms with E-state index in [1.165, 1.54) is 19.2 Å². The molecule has 182 valence electrons. The van der Waals surface area contributed by atoms with E-state index in [2.05, 4.69) is 17.1 Å². The Bertz CT molecular complexity index is 1250. The lowest BCUT2D eigenvalue weighted by Gasteiger charge is -2.17. The number of fused-ring (bicyclic) bond motifs is 1. The molecule has 0 unspecified atom stereocenters. The fraction of sp³-hybridized carbons (Fsp3) is 0.286. The summed E-state index contributed by atoms with van der Waals surface area (Å²) in [5.41, 5.74) is 2.29. The molecule has 35 heavy (non-hydrogen) atoms. The zero-order valence-corrected chi connectivity index (χ0v) is 19.8. The number of benzene rings is 2. The summed E-state index contributed by atoms with van der Waals surface area (Å²) in [5, 5.41) is 0. The number of pyridine rings is 1. The van der Waals surface area contributed by atoms with E-state index in [1.54, 1.807) is 22.8 Å². The molecule has 7 heteroatoms. The Morgan fingerprint density at radius 1 is 1.06 bits per heavy atom. The molecule has 1 aliphatic rings. The van der Waals surface area contributed by atoms with Crippen LogP contribution in [0.4, 0.5) is 4.39 Å². The van der Waals surface area contributed by atoms with Gasteiger partial charge in [0.05, 0.1) is 13.7 Å². The summed E-state index contributed by atoms with van der Waals surface area (Å²) < 4.78 is 26.4. The second kappa shape index (κ2) is 11.6. The van der Waals surface area contributed by atoms with E-state index in [4.69, 9.17) is 9.47 Å². The van der Waals surface area contributed by atoms with Crippen LogP contribution in [0.1, 0.15) is 27.2 Å². The fourth-order valence-corrected chi connectivity index (χ4v) is 4.29. The maximum atomic E-state index is 13.9. The summed E-state index contributed by atoms with van der Waals surface area (Å²) >= 11 is 0. The van der Waals surface area contributed by atoms with Crippen molar-refractivity contribution in [1.29, 1.82) is 0 Å². The predicted molar refractivity (Wildman–Crippen MR) is 133 cm³/mol. The molecule has 2 aromatic carbocycles. The van der Waals surface area contributed by atoms with E-state index in [1.807, 2.05) is 30.3 Å². The largest absolute Gasteiger partial charge is 0.492 e. The fourth-order valence-electron chi connectivity index (χ4n) is 4.29. The monoisotopic (exact) mass is 476 g/mol. The van der Waals surface area contributed by atoms with E-state index < -0.39 is 5.97 Å². The van der Waals surface area contributed by atoms with Gasteiger partial charge < -0.3 is 14.0 Å². The summed E-state index contributed by atoms with van der Waals surface area (Å²) in [4.78, 5) is 27.9. The second-order valence-corrected chi connectivity index (χ2v) is 8.37. The van der Waals surface area contributed by atoms with Crippen molar-refractivity contribution in [2.75, 3.05) is 33.4 Å². The van der Waals surface area contributed by atoms with E-state index >= 15 is 0 Å². The molecule has 4 rings (SSSR count). The zero-order valence-electron chi connectivity index (χ0n) is 19.8. The van der Waals surface area contributed by atoms with Crippen LogP contribution in [-0.4, -0.2) is 48.8 Å². The van der Waals surface area contributed by atoms with Gasteiger partial charge in [-0.05, 0) is 17.2 Å². The number of esters is 1. The number of rotatable bonds is 8.